The summed E-state index contributed by atoms with van der Waals surface area (Å²) < 4.78 is 1.82. The van der Waals surface area contributed by atoms with Crippen LogP contribution in [-0.4, -0.2) is 42.8 Å². The van der Waals surface area contributed by atoms with E-state index in [0.29, 0.717) is 18.4 Å². The van der Waals surface area contributed by atoms with Crippen LogP contribution < -0.4 is 10.2 Å². The molecule has 1 N–H and O–H groups in total. The molecule has 0 aliphatic heterocycles. The maximum absolute atomic E-state index is 5.94. The maximum Gasteiger partial charge on any atom is 0.231 e. The van der Waals surface area contributed by atoms with E-state index in [0.717, 1.165) is 18.9 Å². The molecule has 0 atom stereocenters. The van der Waals surface area contributed by atoms with Gasteiger partial charge in [-0.25, -0.2) is 0 Å². The minimum atomic E-state index is 0.169. The smallest absolute Gasteiger partial charge is 0.231 e. The van der Waals surface area contributed by atoms with Crippen molar-refractivity contribution >= 4 is 23.5 Å². The van der Waals surface area contributed by atoms with Crippen LogP contribution in [0.4, 0.5) is 11.9 Å². The van der Waals surface area contributed by atoms with Gasteiger partial charge < -0.3 is 14.8 Å². The van der Waals surface area contributed by atoms with Crippen LogP contribution >= 0.6 is 11.6 Å². The molecule has 9 heteroatoms. The third-order valence-electron chi connectivity index (χ3n) is 2.85. The van der Waals surface area contributed by atoms with E-state index in [-0.39, 0.29) is 5.28 Å². The molecule has 0 amide bonds. The number of hydrogen-bond donors (Lipinski definition) is 1. The molecule has 0 aliphatic rings. The Morgan fingerprint density at radius 3 is 2.60 bits per heavy atom. The molecule has 20 heavy (non-hydrogen) atoms. The highest BCUT2D eigenvalue weighted by Gasteiger charge is 2.10. The van der Waals surface area contributed by atoms with Gasteiger partial charge in [0.2, 0.25) is 17.2 Å². The Hall–Kier alpha value is -1.96. The van der Waals surface area contributed by atoms with Crippen molar-refractivity contribution in [2.45, 2.75) is 20.4 Å². The first kappa shape index (κ1) is 14.4. The standard InChI is InChI=1S/C11H17ClN8/c1-4-20(5-2)11-16-9(12)15-10(17-11)13-6-8-18-14-7-19(8)3/h7H,4-6H2,1-3H3,(H,13,15,16,17). The number of nitrogens with one attached hydrogen (secondary N) is 1. The zero-order valence-corrected chi connectivity index (χ0v) is 12.5. The predicted molar refractivity (Wildman–Crippen MR) is 76.7 cm³/mol. The predicted octanol–water partition coefficient (Wildman–Crippen LogP) is 1.11. The molecule has 0 bridgehead atoms. The fourth-order valence-corrected chi connectivity index (χ4v) is 1.85. The normalized spacial score (nSPS) is 10.6. The molecule has 0 saturated carbocycles. The Labute approximate surface area is 122 Å². The lowest BCUT2D eigenvalue weighted by Crippen LogP contribution is -2.25. The minimum Gasteiger partial charge on any atom is -0.347 e. The van der Waals surface area contributed by atoms with Crippen LogP contribution in [0.1, 0.15) is 19.7 Å². The molecule has 0 spiro atoms. The van der Waals surface area contributed by atoms with Crippen LogP contribution in [0.5, 0.6) is 0 Å². The molecule has 0 aromatic carbocycles. The summed E-state index contributed by atoms with van der Waals surface area (Å²) in [6, 6.07) is 0. The van der Waals surface area contributed by atoms with Gasteiger partial charge >= 0.3 is 0 Å². The highest BCUT2D eigenvalue weighted by molar-refractivity contribution is 6.28. The first-order chi connectivity index (χ1) is 9.63. The molecule has 2 rings (SSSR count). The van der Waals surface area contributed by atoms with Gasteiger partial charge in [0.05, 0.1) is 6.54 Å². The highest BCUT2D eigenvalue weighted by Crippen LogP contribution is 2.13. The molecule has 108 valence electrons. The van der Waals surface area contributed by atoms with Crippen molar-refractivity contribution in [2.24, 2.45) is 7.05 Å². The van der Waals surface area contributed by atoms with Gasteiger partial charge in [0, 0.05) is 20.1 Å². The van der Waals surface area contributed by atoms with Crippen molar-refractivity contribution in [3.63, 3.8) is 0 Å². The van der Waals surface area contributed by atoms with E-state index in [4.69, 9.17) is 11.6 Å². The molecule has 8 nitrogen and oxygen atoms in total. The van der Waals surface area contributed by atoms with E-state index in [2.05, 4.69) is 30.5 Å². The van der Waals surface area contributed by atoms with Crippen molar-refractivity contribution in [3.8, 4) is 0 Å². The van der Waals surface area contributed by atoms with E-state index < -0.39 is 0 Å². The molecular formula is C11H17ClN8. The van der Waals surface area contributed by atoms with E-state index in [1.807, 2.05) is 30.4 Å². The second kappa shape index (κ2) is 6.47. The second-order valence-corrected chi connectivity index (χ2v) is 4.45. The van der Waals surface area contributed by atoms with Crippen LogP contribution in [0.15, 0.2) is 6.33 Å². The molecule has 0 unspecified atom stereocenters. The summed E-state index contributed by atoms with van der Waals surface area (Å²) in [5.41, 5.74) is 0. The van der Waals surface area contributed by atoms with Crippen molar-refractivity contribution < 1.29 is 0 Å². The van der Waals surface area contributed by atoms with Gasteiger partial charge in [-0.05, 0) is 25.4 Å². The fraction of sp³-hybridized carbons (Fsp3) is 0.545. The van der Waals surface area contributed by atoms with Gasteiger partial charge in [-0.1, -0.05) is 0 Å². The molecule has 2 heterocycles. The van der Waals surface area contributed by atoms with Gasteiger partial charge in [-0.15, -0.1) is 10.2 Å². The topological polar surface area (TPSA) is 84.7 Å². The summed E-state index contributed by atoms with van der Waals surface area (Å²) in [5, 5.41) is 11.0. The Balaban J connectivity index is 2.13. The first-order valence-corrected chi connectivity index (χ1v) is 6.75. The number of hydrogen-bond acceptors (Lipinski definition) is 7. The van der Waals surface area contributed by atoms with Crippen LogP contribution in [0, 0.1) is 0 Å². The maximum atomic E-state index is 5.94. The lowest BCUT2D eigenvalue weighted by Gasteiger charge is -2.18. The van der Waals surface area contributed by atoms with Crippen molar-refractivity contribution in [3.05, 3.63) is 17.4 Å². The van der Waals surface area contributed by atoms with Gasteiger partial charge in [0.25, 0.3) is 0 Å². The average Bonchev–Trinajstić information content (AvgIpc) is 2.83. The number of nitrogens with zero attached hydrogens (tertiary/aromatic N) is 7. The van der Waals surface area contributed by atoms with Gasteiger partial charge in [-0.2, -0.15) is 15.0 Å². The van der Waals surface area contributed by atoms with Gasteiger partial charge in [0.1, 0.15) is 6.33 Å². The van der Waals surface area contributed by atoms with Gasteiger partial charge in [0.15, 0.2) is 5.82 Å². The fourth-order valence-electron chi connectivity index (χ4n) is 1.69. The second-order valence-electron chi connectivity index (χ2n) is 4.11. The van der Waals surface area contributed by atoms with E-state index in [1.54, 1.807) is 6.33 Å². The van der Waals surface area contributed by atoms with E-state index in [1.165, 1.54) is 0 Å². The third-order valence-corrected chi connectivity index (χ3v) is 3.02. The quantitative estimate of drug-likeness (QED) is 0.854. The summed E-state index contributed by atoms with van der Waals surface area (Å²) in [4.78, 5) is 14.6. The summed E-state index contributed by atoms with van der Waals surface area (Å²) in [6.07, 6.45) is 1.64. The van der Waals surface area contributed by atoms with Gasteiger partial charge in [-0.3, -0.25) is 0 Å². The van der Waals surface area contributed by atoms with Crippen molar-refractivity contribution in [1.82, 2.24) is 29.7 Å². The Kier molecular flexibility index (Phi) is 4.67. The third kappa shape index (κ3) is 3.32. The number of halogens is 1. The molecule has 2 aromatic rings. The first-order valence-electron chi connectivity index (χ1n) is 6.37. The Morgan fingerprint density at radius 2 is 2.00 bits per heavy atom. The minimum absolute atomic E-state index is 0.169. The summed E-state index contributed by atoms with van der Waals surface area (Å²) >= 11 is 5.94. The SMILES string of the molecule is CCN(CC)c1nc(Cl)nc(NCc2nncn2C)n1. The lowest BCUT2D eigenvalue weighted by molar-refractivity contribution is 0.793. The monoisotopic (exact) mass is 296 g/mol. The summed E-state index contributed by atoms with van der Waals surface area (Å²) in [6.45, 7) is 6.15. The Bertz CT molecular complexity index is 565. The van der Waals surface area contributed by atoms with E-state index >= 15 is 0 Å². The molecule has 0 aliphatic carbocycles. The number of aryl methyl sites for hydroxylation is 1. The number of anilines is 2. The van der Waals surface area contributed by atoms with Crippen molar-refractivity contribution in [1.29, 1.82) is 0 Å². The molecule has 0 saturated heterocycles. The average molecular weight is 297 g/mol. The van der Waals surface area contributed by atoms with E-state index in [9.17, 15) is 0 Å². The molecule has 0 fully saturated rings. The summed E-state index contributed by atoms with van der Waals surface area (Å²) in [5.74, 6) is 1.77. The zero-order valence-electron chi connectivity index (χ0n) is 11.7. The van der Waals surface area contributed by atoms with Crippen LogP contribution in [0.3, 0.4) is 0 Å². The lowest BCUT2D eigenvalue weighted by atomic mass is 10.5. The Morgan fingerprint density at radius 1 is 1.25 bits per heavy atom. The number of rotatable bonds is 6. The number of aromatic nitrogens is 6. The molecule has 0 radical (unpaired) electrons. The van der Waals surface area contributed by atoms with Crippen LogP contribution in [-0.2, 0) is 13.6 Å². The molecule has 2 aromatic heterocycles. The van der Waals surface area contributed by atoms with Crippen molar-refractivity contribution in [2.75, 3.05) is 23.3 Å². The zero-order chi connectivity index (χ0) is 14.5. The highest BCUT2D eigenvalue weighted by atomic mass is 35.5. The van der Waals surface area contributed by atoms with Crippen LogP contribution in [0.25, 0.3) is 0 Å². The largest absolute Gasteiger partial charge is 0.347 e. The van der Waals surface area contributed by atoms with Crippen LogP contribution in [0.2, 0.25) is 5.28 Å². The summed E-state index contributed by atoms with van der Waals surface area (Å²) in [7, 11) is 1.87. The molecular weight excluding hydrogens is 280 g/mol.